The van der Waals surface area contributed by atoms with Crippen molar-refractivity contribution in [1.29, 1.82) is 0 Å². The van der Waals surface area contributed by atoms with Crippen LogP contribution < -0.4 is 0 Å². The fraction of sp³-hybridized carbons (Fsp3) is 0.250. The van der Waals surface area contributed by atoms with Gasteiger partial charge in [-0.15, -0.1) is 11.3 Å². The first-order valence-corrected chi connectivity index (χ1v) is 7.15. The van der Waals surface area contributed by atoms with Crippen LogP contribution in [0.1, 0.15) is 25.7 Å². The van der Waals surface area contributed by atoms with Crippen molar-refractivity contribution in [3.05, 3.63) is 57.3 Å². The standard InChI is InChI=1S/C16H16O3S/c1-11-5-3-4-6-12(11)9-14(17)15-8-7-13(20-15)10-16(18)19-2/h3-8H,9-10H2,1-2H3. The number of esters is 1. The minimum atomic E-state index is -0.287. The lowest BCUT2D eigenvalue weighted by molar-refractivity contribution is -0.139. The molecule has 2 aromatic rings. The van der Waals surface area contributed by atoms with E-state index in [1.165, 1.54) is 18.4 Å². The van der Waals surface area contributed by atoms with Gasteiger partial charge < -0.3 is 4.74 Å². The number of ketones is 1. The molecule has 2 rings (SSSR count). The van der Waals surface area contributed by atoms with Crippen LogP contribution in [0.2, 0.25) is 0 Å². The van der Waals surface area contributed by atoms with Gasteiger partial charge in [0.15, 0.2) is 5.78 Å². The zero-order valence-electron chi connectivity index (χ0n) is 11.5. The van der Waals surface area contributed by atoms with Crippen LogP contribution in [0.5, 0.6) is 0 Å². The summed E-state index contributed by atoms with van der Waals surface area (Å²) < 4.78 is 4.62. The molecule has 0 saturated carbocycles. The van der Waals surface area contributed by atoms with Crippen LogP contribution in [0.4, 0.5) is 0 Å². The van der Waals surface area contributed by atoms with Gasteiger partial charge in [-0.1, -0.05) is 24.3 Å². The number of thiophene rings is 1. The monoisotopic (exact) mass is 288 g/mol. The minimum absolute atomic E-state index is 0.0837. The molecule has 104 valence electrons. The maximum atomic E-state index is 12.2. The lowest BCUT2D eigenvalue weighted by Crippen LogP contribution is -2.03. The summed E-state index contributed by atoms with van der Waals surface area (Å²) in [6.07, 6.45) is 0.615. The van der Waals surface area contributed by atoms with E-state index in [0.717, 1.165) is 16.0 Å². The van der Waals surface area contributed by atoms with E-state index >= 15 is 0 Å². The highest BCUT2D eigenvalue weighted by molar-refractivity contribution is 7.14. The average Bonchev–Trinajstić information content (AvgIpc) is 2.89. The van der Waals surface area contributed by atoms with Crippen molar-refractivity contribution in [2.24, 2.45) is 0 Å². The number of hydrogen-bond acceptors (Lipinski definition) is 4. The van der Waals surface area contributed by atoms with Crippen LogP contribution in [-0.2, 0) is 22.4 Å². The molecule has 1 aromatic heterocycles. The van der Waals surface area contributed by atoms with E-state index in [1.807, 2.05) is 37.3 Å². The second kappa shape index (κ2) is 6.48. The van der Waals surface area contributed by atoms with E-state index in [0.29, 0.717) is 11.3 Å². The Kier molecular flexibility index (Phi) is 4.69. The van der Waals surface area contributed by atoms with Crippen molar-refractivity contribution in [2.75, 3.05) is 7.11 Å². The van der Waals surface area contributed by atoms with Crippen LogP contribution in [0.3, 0.4) is 0 Å². The number of carbonyl (C=O) groups excluding carboxylic acids is 2. The number of ether oxygens (including phenoxy) is 1. The third-order valence-corrected chi connectivity index (χ3v) is 4.22. The molecule has 0 amide bonds. The fourth-order valence-corrected chi connectivity index (χ4v) is 2.84. The summed E-state index contributed by atoms with van der Waals surface area (Å²) in [5.41, 5.74) is 2.16. The van der Waals surface area contributed by atoms with Crippen molar-refractivity contribution < 1.29 is 14.3 Å². The van der Waals surface area contributed by atoms with E-state index in [-0.39, 0.29) is 18.2 Å². The van der Waals surface area contributed by atoms with E-state index in [1.54, 1.807) is 6.07 Å². The number of Topliss-reactive ketones (excluding diaryl/α,β-unsaturated/α-hetero) is 1. The number of methoxy groups -OCH3 is 1. The van der Waals surface area contributed by atoms with Gasteiger partial charge >= 0.3 is 5.97 Å². The Morgan fingerprint density at radius 1 is 1.10 bits per heavy atom. The van der Waals surface area contributed by atoms with Crippen molar-refractivity contribution in [2.45, 2.75) is 19.8 Å². The summed E-state index contributed by atoms with van der Waals surface area (Å²) in [6.45, 7) is 2.00. The predicted molar refractivity (Wildman–Crippen MR) is 79.3 cm³/mol. The molecule has 0 radical (unpaired) electrons. The second-order valence-electron chi connectivity index (χ2n) is 4.55. The summed E-state index contributed by atoms with van der Waals surface area (Å²) in [5, 5.41) is 0. The molecule has 3 nitrogen and oxygen atoms in total. The van der Waals surface area contributed by atoms with Crippen molar-refractivity contribution in [3.63, 3.8) is 0 Å². The molecule has 0 fully saturated rings. The Morgan fingerprint density at radius 2 is 1.85 bits per heavy atom. The van der Waals surface area contributed by atoms with Gasteiger partial charge in [0.25, 0.3) is 0 Å². The average molecular weight is 288 g/mol. The number of carbonyl (C=O) groups is 2. The molecule has 0 aliphatic heterocycles. The van der Waals surface area contributed by atoms with Crippen LogP contribution in [0.25, 0.3) is 0 Å². The molecule has 0 saturated heterocycles. The summed E-state index contributed by atoms with van der Waals surface area (Å²) >= 11 is 1.36. The van der Waals surface area contributed by atoms with Crippen molar-refractivity contribution in [3.8, 4) is 0 Å². The van der Waals surface area contributed by atoms with Gasteiger partial charge in [0, 0.05) is 11.3 Å². The maximum absolute atomic E-state index is 12.2. The van der Waals surface area contributed by atoms with Gasteiger partial charge in [0.1, 0.15) is 0 Å². The third kappa shape index (κ3) is 3.54. The summed E-state index contributed by atoms with van der Waals surface area (Å²) in [5.74, 6) is -0.204. The molecule has 1 heterocycles. The van der Waals surface area contributed by atoms with Crippen LogP contribution >= 0.6 is 11.3 Å². The molecule has 0 bridgehead atoms. The molecule has 0 aliphatic carbocycles. The SMILES string of the molecule is COC(=O)Cc1ccc(C(=O)Cc2ccccc2C)s1. The van der Waals surface area contributed by atoms with Gasteiger partial charge in [-0.3, -0.25) is 9.59 Å². The molecule has 0 spiro atoms. The quantitative estimate of drug-likeness (QED) is 0.627. The second-order valence-corrected chi connectivity index (χ2v) is 5.71. The smallest absolute Gasteiger partial charge is 0.310 e. The first-order chi connectivity index (χ1) is 9.60. The molecule has 0 atom stereocenters. The van der Waals surface area contributed by atoms with Crippen molar-refractivity contribution >= 4 is 23.1 Å². The molecule has 20 heavy (non-hydrogen) atoms. The zero-order chi connectivity index (χ0) is 14.5. The fourth-order valence-electron chi connectivity index (χ4n) is 1.91. The summed E-state index contributed by atoms with van der Waals surface area (Å²) in [4.78, 5) is 25.0. The number of benzene rings is 1. The minimum Gasteiger partial charge on any atom is -0.469 e. The normalized spacial score (nSPS) is 10.3. The van der Waals surface area contributed by atoms with E-state index in [2.05, 4.69) is 4.74 Å². The zero-order valence-corrected chi connectivity index (χ0v) is 12.3. The Labute approximate surface area is 122 Å². The Bertz CT molecular complexity index is 628. The van der Waals surface area contributed by atoms with Gasteiger partial charge in [-0.25, -0.2) is 0 Å². The number of rotatable bonds is 5. The highest BCUT2D eigenvalue weighted by Crippen LogP contribution is 2.20. The highest BCUT2D eigenvalue weighted by atomic mass is 32.1. The molecule has 0 N–H and O–H groups in total. The maximum Gasteiger partial charge on any atom is 0.310 e. The lowest BCUT2D eigenvalue weighted by atomic mass is 10.0. The summed E-state index contributed by atoms with van der Waals surface area (Å²) in [6, 6.07) is 11.5. The van der Waals surface area contributed by atoms with Gasteiger partial charge in [0.2, 0.25) is 0 Å². The molecule has 1 aromatic carbocycles. The van der Waals surface area contributed by atoms with Crippen LogP contribution in [-0.4, -0.2) is 18.9 Å². The summed E-state index contributed by atoms with van der Waals surface area (Å²) in [7, 11) is 1.36. The first kappa shape index (κ1) is 14.5. The van der Waals surface area contributed by atoms with Gasteiger partial charge in [0.05, 0.1) is 18.4 Å². The highest BCUT2D eigenvalue weighted by Gasteiger charge is 2.13. The molecule has 0 aliphatic rings. The topological polar surface area (TPSA) is 43.4 Å². The van der Waals surface area contributed by atoms with Crippen LogP contribution in [0.15, 0.2) is 36.4 Å². The van der Waals surface area contributed by atoms with E-state index in [9.17, 15) is 9.59 Å². The Balaban J connectivity index is 2.07. The Hall–Kier alpha value is -1.94. The molecular formula is C16H16O3S. The third-order valence-electron chi connectivity index (χ3n) is 3.09. The molecular weight excluding hydrogens is 272 g/mol. The largest absolute Gasteiger partial charge is 0.469 e. The van der Waals surface area contributed by atoms with Crippen molar-refractivity contribution in [1.82, 2.24) is 0 Å². The first-order valence-electron chi connectivity index (χ1n) is 6.33. The lowest BCUT2D eigenvalue weighted by Gasteiger charge is -2.03. The van der Waals surface area contributed by atoms with E-state index in [4.69, 9.17) is 0 Å². The van der Waals surface area contributed by atoms with Gasteiger partial charge in [-0.2, -0.15) is 0 Å². The van der Waals surface area contributed by atoms with E-state index < -0.39 is 0 Å². The van der Waals surface area contributed by atoms with Gasteiger partial charge in [-0.05, 0) is 30.2 Å². The molecule has 4 heteroatoms. The molecule has 0 unspecified atom stereocenters. The number of aryl methyl sites for hydroxylation is 1. The number of hydrogen-bond donors (Lipinski definition) is 0. The predicted octanol–water partition coefficient (Wildman–Crippen LogP) is 3.20. The Morgan fingerprint density at radius 3 is 2.55 bits per heavy atom. The van der Waals surface area contributed by atoms with Crippen LogP contribution in [0, 0.1) is 6.92 Å².